The number of anilines is 2. The van der Waals surface area contributed by atoms with Crippen LogP contribution >= 0.6 is 11.3 Å². The van der Waals surface area contributed by atoms with Crippen LogP contribution in [0.15, 0.2) is 60.7 Å². The van der Waals surface area contributed by atoms with Crippen molar-refractivity contribution in [3.8, 4) is 16.2 Å². The fourth-order valence-corrected chi connectivity index (χ4v) is 9.08. The van der Waals surface area contributed by atoms with E-state index in [0.29, 0.717) is 54.3 Å². The van der Waals surface area contributed by atoms with Crippen molar-refractivity contribution in [3.05, 3.63) is 65.5 Å². The van der Waals surface area contributed by atoms with Crippen LogP contribution in [0.25, 0.3) is 10.4 Å². The number of carbonyl (C=O) groups is 2. The van der Waals surface area contributed by atoms with Crippen molar-refractivity contribution in [1.82, 2.24) is 5.48 Å². The number of methoxy groups -OCH3 is 1. The van der Waals surface area contributed by atoms with Crippen LogP contribution in [0.1, 0.15) is 49.8 Å². The van der Waals surface area contributed by atoms with Crippen molar-refractivity contribution in [2.75, 3.05) is 30.1 Å². The Kier molecular flexibility index (Phi) is 9.47. The SMILES string of the molecule is COc1ccc(NC(=O)Nc2cccc(-c3ccc([C@@]4(CC(=O)NOC5CCCCO5)CCCCS4(=O)=O)s3)c2)cc1. The minimum atomic E-state index is -3.61. The van der Waals surface area contributed by atoms with Crippen LogP contribution in [0, 0.1) is 0 Å². The van der Waals surface area contributed by atoms with Gasteiger partial charge in [-0.2, -0.15) is 0 Å². The fraction of sp³-hybridized carbons (Fsp3) is 0.400. The summed E-state index contributed by atoms with van der Waals surface area (Å²) in [4.78, 5) is 32.5. The molecule has 2 fully saturated rings. The summed E-state index contributed by atoms with van der Waals surface area (Å²) in [6.07, 6.45) is 3.46. The van der Waals surface area contributed by atoms with E-state index in [9.17, 15) is 18.0 Å². The van der Waals surface area contributed by atoms with E-state index in [1.165, 1.54) is 11.3 Å². The van der Waals surface area contributed by atoms with E-state index >= 15 is 0 Å². The van der Waals surface area contributed by atoms with Gasteiger partial charge >= 0.3 is 6.03 Å². The monoisotopic (exact) mass is 613 g/mol. The van der Waals surface area contributed by atoms with Crippen LogP contribution in [0.3, 0.4) is 0 Å². The van der Waals surface area contributed by atoms with Gasteiger partial charge in [-0.05, 0) is 79.8 Å². The average Bonchev–Trinajstić information content (AvgIpc) is 3.49. The zero-order valence-electron chi connectivity index (χ0n) is 23.4. The van der Waals surface area contributed by atoms with Crippen LogP contribution in [-0.2, 0) is 29.0 Å². The molecule has 3 amide bonds. The van der Waals surface area contributed by atoms with Gasteiger partial charge in [0.1, 0.15) is 10.5 Å². The molecule has 0 saturated carbocycles. The molecular formula is C30H35N3O7S2. The Morgan fingerprint density at radius 3 is 2.55 bits per heavy atom. The molecule has 3 aromatic rings. The lowest BCUT2D eigenvalue weighted by Gasteiger charge is -2.35. The second-order valence-corrected chi connectivity index (χ2v) is 13.9. The first kappa shape index (κ1) is 30.0. The topological polar surface area (TPSA) is 132 Å². The van der Waals surface area contributed by atoms with E-state index in [0.717, 1.165) is 23.3 Å². The van der Waals surface area contributed by atoms with E-state index < -0.39 is 32.8 Å². The molecule has 0 bridgehead atoms. The molecule has 1 unspecified atom stereocenters. The maximum atomic E-state index is 13.6. The molecule has 5 rings (SSSR count). The number of nitrogens with one attached hydrogen (secondary N) is 3. The number of ether oxygens (including phenoxy) is 2. The second-order valence-electron chi connectivity index (χ2n) is 10.4. The van der Waals surface area contributed by atoms with Crippen molar-refractivity contribution < 1.29 is 32.3 Å². The van der Waals surface area contributed by atoms with Gasteiger partial charge in [0.05, 0.1) is 19.3 Å². The number of sulfone groups is 1. The van der Waals surface area contributed by atoms with E-state index in [-0.39, 0.29) is 12.2 Å². The normalized spacial score (nSPS) is 21.7. The van der Waals surface area contributed by atoms with E-state index in [2.05, 4.69) is 16.1 Å². The van der Waals surface area contributed by atoms with Crippen molar-refractivity contribution in [2.24, 2.45) is 0 Å². The number of urea groups is 1. The summed E-state index contributed by atoms with van der Waals surface area (Å²) in [5.41, 5.74) is 4.46. The number of rotatable bonds is 9. The molecule has 2 saturated heterocycles. The minimum absolute atomic E-state index is 0.0306. The highest BCUT2D eigenvalue weighted by Crippen LogP contribution is 2.47. The van der Waals surface area contributed by atoms with Gasteiger partial charge in [0.25, 0.3) is 0 Å². The molecule has 1 aromatic heterocycles. The molecule has 42 heavy (non-hydrogen) atoms. The molecule has 2 aromatic carbocycles. The van der Waals surface area contributed by atoms with Gasteiger partial charge in [0.15, 0.2) is 16.1 Å². The Labute approximate surface area is 249 Å². The zero-order valence-corrected chi connectivity index (χ0v) is 25.0. The second kappa shape index (κ2) is 13.2. The lowest BCUT2D eigenvalue weighted by Crippen LogP contribution is -2.45. The summed E-state index contributed by atoms with van der Waals surface area (Å²) in [6, 6.07) is 17.6. The quantitative estimate of drug-likeness (QED) is 0.259. The van der Waals surface area contributed by atoms with Crippen molar-refractivity contribution in [1.29, 1.82) is 0 Å². The molecule has 0 spiro atoms. The van der Waals surface area contributed by atoms with Crippen LogP contribution in [0.4, 0.5) is 16.2 Å². The Morgan fingerprint density at radius 1 is 1.00 bits per heavy atom. The first-order chi connectivity index (χ1) is 20.3. The molecule has 224 valence electrons. The Morgan fingerprint density at radius 2 is 1.81 bits per heavy atom. The molecule has 3 heterocycles. The summed E-state index contributed by atoms with van der Waals surface area (Å²) >= 11 is 1.35. The molecule has 12 heteroatoms. The average molecular weight is 614 g/mol. The molecule has 2 aliphatic heterocycles. The molecule has 2 aliphatic rings. The predicted molar refractivity (Wildman–Crippen MR) is 162 cm³/mol. The van der Waals surface area contributed by atoms with E-state index in [1.54, 1.807) is 43.5 Å². The van der Waals surface area contributed by atoms with Gasteiger partial charge in [-0.25, -0.2) is 23.5 Å². The van der Waals surface area contributed by atoms with Crippen molar-refractivity contribution in [2.45, 2.75) is 56.0 Å². The third kappa shape index (κ3) is 6.95. The lowest BCUT2D eigenvalue weighted by molar-refractivity contribution is -0.200. The highest BCUT2D eigenvalue weighted by molar-refractivity contribution is 7.92. The highest BCUT2D eigenvalue weighted by Gasteiger charge is 2.49. The maximum absolute atomic E-state index is 13.6. The maximum Gasteiger partial charge on any atom is 0.323 e. The van der Waals surface area contributed by atoms with E-state index in [4.69, 9.17) is 14.3 Å². The van der Waals surface area contributed by atoms with Gasteiger partial charge in [0.2, 0.25) is 5.91 Å². The van der Waals surface area contributed by atoms with Crippen LogP contribution in [-0.4, -0.2) is 46.1 Å². The molecule has 3 N–H and O–H groups in total. The van der Waals surface area contributed by atoms with Gasteiger partial charge in [-0.1, -0.05) is 18.6 Å². The number of amides is 3. The number of carbonyl (C=O) groups excluding carboxylic acids is 2. The molecule has 10 nitrogen and oxygen atoms in total. The predicted octanol–water partition coefficient (Wildman–Crippen LogP) is 5.83. The first-order valence-corrected chi connectivity index (χ1v) is 16.5. The number of thiophene rings is 1. The van der Waals surface area contributed by atoms with Gasteiger partial charge in [-0.15, -0.1) is 11.3 Å². The summed E-state index contributed by atoms with van der Waals surface area (Å²) in [5, 5.41) is 5.62. The third-order valence-corrected chi connectivity index (χ3v) is 11.6. The Hall–Kier alpha value is -3.45. The van der Waals surface area contributed by atoms with Gasteiger partial charge in [0, 0.05) is 34.2 Å². The van der Waals surface area contributed by atoms with Gasteiger partial charge < -0.3 is 20.1 Å². The van der Waals surface area contributed by atoms with Crippen LogP contribution in [0.2, 0.25) is 0 Å². The molecule has 0 radical (unpaired) electrons. The first-order valence-electron chi connectivity index (χ1n) is 14.0. The number of hydrogen-bond donors (Lipinski definition) is 3. The minimum Gasteiger partial charge on any atom is -0.497 e. The van der Waals surface area contributed by atoms with Crippen molar-refractivity contribution in [3.63, 3.8) is 0 Å². The summed E-state index contributed by atoms with van der Waals surface area (Å²) in [5.74, 6) is 0.233. The lowest BCUT2D eigenvalue weighted by atomic mass is 9.94. The zero-order chi connectivity index (χ0) is 29.6. The van der Waals surface area contributed by atoms with Crippen molar-refractivity contribution >= 4 is 44.5 Å². The molecule has 2 atom stereocenters. The number of hydroxylamine groups is 1. The van der Waals surface area contributed by atoms with Gasteiger partial charge in [-0.3, -0.25) is 4.79 Å². The summed E-state index contributed by atoms with van der Waals surface area (Å²) in [7, 11) is -2.04. The van der Waals surface area contributed by atoms with E-state index in [1.807, 2.05) is 24.3 Å². The number of benzene rings is 2. The highest BCUT2D eigenvalue weighted by atomic mass is 32.2. The Bertz CT molecular complexity index is 1500. The number of hydrogen-bond acceptors (Lipinski definition) is 8. The van der Waals surface area contributed by atoms with Crippen LogP contribution in [0.5, 0.6) is 5.75 Å². The largest absolute Gasteiger partial charge is 0.497 e. The fourth-order valence-electron chi connectivity index (χ4n) is 5.30. The standard InChI is InChI=1S/C30H35N3O7S2/c1-38-24-12-10-22(11-13-24)31-29(35)32-23-8-6-7-21(19-23)25-14-15-26(41-25)30(16-3-5-18-42(30,36)37)20-27(34)33-40-28-9-2-4-17-39-28/h6-8,10-15,19,28H,2-5,9,16-18,20H2,1H3,(H,33,34)(H2,31,32,35)/t28?,30-/m0/s1. The molecule has 0 aliphatic carbocycles. The summed E-state index contributed by atoms with van der Waals surface area (Å²) < 4.78 is 36.4. The third-order valence-electron chi connectivity index (χ3n) is 7.54. The molecular weight excluding hydrogens is 578 g/mol. The smallest absolute Gasteiger partial charge is 0.323 e. The summed E-state index contributed by atoms with van der Waals surface area (Å²) in [6.45, 7) is 0.570. The Balaban J connectivity index is 1.31. The van der Waals surface area contributed by atoms with Crippen LogP contribution < -0.4 is 20.9 Å².